The summed E-state index contributed by atoms with van der Waals surface area (Å²) < 4.78 is 3.88. The van der Waals surface area contributed by atoms with Crippen LogP contribution in [0.4, 0.5) is 0 Å². The van der Waals surface area contributed by atoms with Crippen molar-refractivity contribution >= 4 is 17.3 Å². The lowest BCUT2D eigenvalue weighted by Crippen LogP contribution is -2.04. The van der Waals surface area contributed by atoms with Gasteiger partial charge in [-0.2, -0.15) is 0 Å². The standard InChI is InChI=1S/C13H14N2OS/c1-8(2)11-13(17-15-14-11)12(16)10-6-4-5-9(3)7-10/h4-8H,1-3H3. The van der Waals surface area contributed by atoms with Crippen LogP contribution in [0.5, 0.6) is 0 Å². The highest BCUT2D eigenvalue weighted by atomic mass is 32.1. The predicted molar refractivity (Wildman–Crippen MR) is 68.6 cm³/mol. The molecule has 17 heavy (non-hydrogen) atoms. The fraction of sp³-hybridized carbons (Fsp3) is 0.308. The highest BCUT2D eigenvalue weighted by Crippen LogP contribution is 2.23. The Hall–Kier alpha value is -1.55. The first-order valence-electron chi connectivity index (χ1n) is 5.53. The van der Waals surface area contributed by atoms with Crippen molar-refractivity contribution in [3.63, 3.8) is 0 Å². The first-order valence-corrected chi connectivity index (χ1v) is 6.30. The van der Waals surface area contributed by atoms with Crippen molar-refractivity contribution in [2.75, 3.05) is 0 Å². The van der Waals surface area contributed by atoms with E-state index in [1.165, 1.54) is 11.5 Å². The number of nitrogens with zero attached hydrogens (tertiary/aromatic N) is 2. The number of rotatable bonds is 3. The van der Waals surface area contributed by atoms with Crippen molar-refractivity contribution in [2.24, 2.45) is 0 Å². The third-order valence-corrected chi connectivity index (χ3v) is 3.29. The van der Waals surface area contributed by atoms with Crippen molar-refractivity contribution < 1.29 is 4.79 Å². The van der Waals surface area contributed by atoms with E-state index in [0.29, 0.717) is 10.4 Å². The number of hydrogen-bond acceptors (Lipinski definition) is 4. The van der Waals surface area contributed by atoms with Gasteiger partial charge in [0.25, 0.3) is 0 Å². The van der Waals surface area contributed by atoms with Crippen molar-refractivity contribution in [1.82, 2.24) is 9.59 Å². The van der Waals surface area contributed by atoms with Gasteiger partial charge < -0.3 is 0 Å². The SMILES string of the molecule is Cc1cccc(C(=O)c2snnc2C(C)C)c1. The molecule has 1 heterocycles. The maximum Gasteiger partial charge on any atom is 0.206 e. The van der Waals surface area contributed by atoms with Crippen LogP contribution >= 0.6 is 11.5 Å². The summed E-state index contributed by atoms with van der Waals surface area (Å²) in [5.74, 6) is 0.241. The minimum atomic E-state index is 0.0207. The minimum Gasteiger partial charge on any atom is -0.288 e. The summed E-state index contributed by atoms with van der Waals surface area (Å²) in [6, 6.07) is 7.60. The van der Waals surface area contributed by atoms with Gasteiger partial charge >= 0.3 is 0 Å². The van der Waals surface area contributed by atoms with Crippen LogP contribution in [0.25, 0.3) is 0 Å². The molecule has 0 N–H and O–H groups in total. The molecule has 0 saturated carbocycles. The van der Waals surface area contributed by atoms with Gasteiger partial charge in [0.1, 0.15) is 4.88 Å². The van der Waals surface area contributed by atoms with Crippen LogP contribution in [-0.4, -0.2) is 15.4 Å². The molecule has 0 atom stereocenters. The van der Waals surface area contributed by atoms with E-state index in [4.69, 9.17) is 0 Å². The molecule has 0 fully saturated rings. The molecular formula is C13H14N2OS. The maximum atomic E-state index is 12.3. The molecule has 0 amide bonds. The molecule has 0 aliphatic carbocycles. The monoisotopic (exact) mass is 246 g/mol. The number of carbonyl (C=O) groups is 1. The minimum absolute atomic E-state index is 0.0207. The molecule has 0 saturated heterocycles. The summed E-state index contributed by atoms with van der Waals surface area (Å²) in [4.78, 5) is 13.0. The molecule has 2 rings (SSSR count). The van der Waals surface area contributed by atoms with E-state index < -0.39 is 0 Å². The van der Waals surface area contributed by atoms with Gasteiger partial charge in [-0.15, -0.1) is 5.10 Å². The largest absolute Gasteiger partial charge is 0.288 e. The third kappa shape index (κ3) is 2.42. The number of hydrogen-bond donors (Lipinski definition) is 0. The molecule has 3 nitrogen and oxygen atoms in total. The Morgan fingerprint density at radius 2 is 2.12 bits per heavy atom. The van der Waals surface area contributed by atoms with E-state index in [1.54, 1.807) is 0 Å². The van der Waals surface area contributed by atoms with Gasteiger partial charge in [0.2, 0.25) is 5.78 Å². The van der Waals surface area contributed by atoms with Crippen LogP contribution in [0.15, 0.2) is 24.3 Å². The number of carbonyl (C=O) groups excluding carboxylic acids is 1. The second-order valence-electron chi connectivity index (χ2n) is 4.34. The van der Waals surface area contributed by atoms with Gasteiger partial charge in [-0.05, 0) is 30.4 Å². The number of ketones is 1. The highest BCUT2D eigenvalue weighted by Gasteiger charge is 2.19. The van der Waals surface area contributed by atoms with Crippen molar-refractivity contribution in [1.29, 1.82) is 0 Å². The topological polar surface area (TPSA) is 42.9 Å². The molecule has 0 radical (unpaired) electrons. The number of benzene rings is 1. The van der Waals surface area contributed by atoms with E-state index in [9.17, 15) is 4.79 Å². The molecule has 1 aromatic heterocycles. The second kappa shape index (κ2) is 4.75. The van der Waals surface area contributed by atoms with E-state index >= 15 is 0 Å². The molecule has 0 spiro atoms. The van der Waals surface area contributed by atoms with Gasteiger partial charge in [-0.1, -0.05) is 42.1 Å². The molecule has 0 aliphatic rings. The van der Waals surface area contributed by atoms with Crippen LogP contribution in [0.2, 0.25) is 0 Å². The van der Waals surface area contributed by atoms with Gasteiger partial charge in [-0.3, -0.25) is 4.79 Å². The molecule has 0 unspecified atom stereocenters. The van der Waals surface area contributed by atoms with Crippen molar-refractivity contribution in [3.05, 3.63) is 46.0 Å². The Bertz CT molecular complexity index is 546. The smallest absolute Gasteiger partial charge is 0.206 e. The molecular weight excluding hydrogens is 232 g/mol. The summed E-state index contributed by atoms with van der Waals surface area (Å²) in [7, 11) is 0. The van der Waals surface area contributed by atoms with Gasteiger partial charge in [0.05, 0.1) is 5.69 Å². The zero-order valence-electron chi connectivity index (χ0n) is 10.1. The molecule has 0 bridgehead atoms. The van der Waals surface area contributed by atoms with Gasteiger partial charge in [0.15, 0.2) is 0 Å². The summed E-state index contributed by atoms with van der Waals surface area (Å²) >= 11 is 1.18. The Morgan fingerprint density at radius 1 is 1.35 bits per heavy atom. The molecule has 88 valence electrons. The van der Waals surface area contributed by atoms with Gasteiger partial charge in [-0.25, -0.2) is 0 Å². The van der Waals surface area contributed by atoms with Crippen molar-refractivity contribution in [3.8, 4) is 0 Å². The average Bonchev–Trinajstić information content (AvgIpc) is 2.77. The molecule has 4 heteroatoms. The van der Waals surface area contributed by atoms with Crippen LogP contribution in [0, 0.1) is 6.92 Å². The zero-order valence-corrected chi connectivity index (χ0v) is 10.9. The molecule has 2 aromatic rings. The van der Waals surface area contributed by atoms with Crippen LogP contribution in [0.1, 0.15) is 46.3 Å². The lowest BCUT2D eigenvalue weighted by atomic mass is 10.0. The lowest BCUT2D eigenvalue weighted by Gasteiger charge is -2.03. The quantitative estimate of drug-likeness (QED) is 0.781. The predicted octanol–water partition coefficient (Wildman–Crippen LogP) is 3.20. The van der Waals surface area contributed by atoms with Crippen molar-refractivity contribution in [2.45, 2.75) is 26.7 Å². The summed E-state index contributed by atoms with van der Waals surface area (Å²) in [6.45, 7) is 6.01. The van der Waals surface area contributed by atoms with Crippen LogP contribution in [-0.2, 0) is 0 Å². The van der Waals surface area contributed by atoms with E-state index in [0.717, 1.165) is 11.3 Å². The normalized spacial score (nSPS) is 10.8. The van der Waals surface area contributed by atoms with E-state index in [2.05, 4.69) is 9.59 Å². The van der Waals surface area contributed by atoms with Crippen LogP contribution < -0.4 is 0 Å². The Balaban J connectivity index is 2.41. The number of aryl methyl sites for hydroxylation is 1. The third-order valence-electron chi connectivity index (χ3n) is 2.55. The Labute approximate surface area is 105 Å². The highest BCUT2D eigenvalue weighted by molar-refractivity contribution is 7.08. The fourth-order valence-electron chi connectivity index (χ4n) is 1.65. The fourth-order valence-corrected chi connectivity index (χ4v) is 2.43. The summed E-state index contributed by atoms with van der Waals surface area (Å²) in [6.07, 6.45) is 0. The number of aromatic nitrogens is 2. The Morgan fingerprint density at radius 3 is 2.76 bits per heavy atom. The zero-order chi connectivity index (χ0) is 12.4. The molecule has 1 aromatic carbocycles. The second-order valence-corrected chi connectivity index (χ2v) is 5.09. The van der Waals surface area contributed by atoms with E-state index in [-0.39, 0.29) is 11.7 Å². The summed E-state index contributed by atoms with van der Waals surface area (Å²) in [5, 5.41) is 4.03. The van der Waals surface area contributed by atoms with Crippen LogP contribution in [0.3, 0.4) is 0 Å². The van der Waals surface area contributed by atoms with E-state index in [1.807, 2.05) is 45.0 Å². The first kappa shape index (κ1) is 11.9. The molecule has 0 aliphatic heterocycles. The lowest BCUT2D eigenvalue weighted by molar-refractivity contribution is 0.104. The maximum absolute atomic E-state index is 12.3. The Kier molecular flexibility index (Phi) is 3.33. The van der Waals surface area contributed by atoms with Gasteiger partial charge in [0, 0.05) is 5.56 Å². The summed E-state index contributed by atoms with van der Waals surface area (Å²) in [5.41, 5.74) is 2.58. The first-order chi connectivity index (χ1) is 8.09. The average molecular weight is 246 g/mol.